The van der Waals surface area contributed by atoms with E-state index in [1.165, 1.54) is 0 Å². The highest BCUT2D eigenvalue weighted by atomic mass is 32.2. The molecule has 1 atom stereocenters. The van der Waals surface area contributed by atoms with Crippen LogP contribution in [0.25, 0.3) is 0 Å². The smallest absolute Gasteiger partial charge is 0.216 e. The minimum Gasteiger partial charge on any atom is -0.379 e. The zero-order chi connectivity index (χ0) is 12.8. The van der Waals surface area contributed by atoms with Gasteiger partial charge < -0.3 is 9.47 Å². The van der Waals surface area contributed by atoms with Crippen LogP contribution >= 0.6 is 0 Å². The molecule has 2 heterocycles. The fourth-order valence-corrected chi connectivity index (χ4v) is 4.87. The highest BCUT2D eigenvalue weighted by molar-refractivity contribution is 7.90. The van der Waals surface area contributed by atoms with Crippen molar-refractivity contribution in [1.29, 1.82) is 0 Å². The summed E-state index contributed by atoms with van der Waals surface area (Å²) in [6, 6.07) is 0. The van der Waals surface area contributed by atoms with Gasteiger partial charge in [-0.05, 0) is 25.7 Å². The Hall–Kier alpha value is -0.170. The predicted molar refractivity (Wildman–Crippen MR) is 66.8 cm³/mol. The SMILES string of the molecule is CO[C@H]1COC2(CCN(S(=O)(=O)C3CC3)CC2)C1. The lowest BCUT2D eigenvalue weighted by Gasteiger charge is -2.37. The van der Waals surface area contributed by atoms with Crippen molar-refractivity contribution in [3.63, 3.8) is 0 Å². The van der Waals surface area contributed by atoms with Gasteiger partial charge in [-0.15, -0.1) is 0 Å². The van der Waals surface area contributed by atoms with Gasteiger partial charge in [0.15, 0.2) is 0 Å². The fourth-order valence-electron chi connectivity index (χ4n) is 3.03. The Morgan fingerprint density at radius 2 is 1.94 bits per heavy atom. The van der Waals surface area contributed by atoms with Crippen LogP contribution in [0.1, 0.15) is 32.1 Å². The molecular weight excluding hydrogens is 254 g/mol. The first kappa shape index (κ1) is 12.8. The number of hydrogen-bond acceptors (Lipinski definition) is 4. The summed E-state index contributed by atoms with van der Waals surface area (Å²) in [4.78, 5) is 0. The van der Waals surface area contributed by atoms with Crippen LogP contribution in [0, 0.1) is 0 Å². The number of ether oxygens (including phenoxy) is 2. The number of rotatable bonds is 3. The van der Waals surface area contributed by atoms with Crippen molar-refractivity contribution in [2.24, 2.45) is 0 Å². The van der Waals surface area contributed by atoms with Gasteiger partial charge in [-0.25, -0.2) is 12.7 Å². The van der Waals surface area contributed by atoms with Gasteiger partial charge in [0.05, 0.1) is 23.6 Å². The van der Waals surface area contributed by atoms with Crippen LogP contribution in [-0.2, 0) is 19.5 Å². The van der Waals surface area contributed by atoms with Crippen molar-refractivity contribution < 1.29 is 17.9 Å². The molecule has 6 heteroatoms. The third-order valence-corrected chi connectivity index (χ3v) is 6.85. The molecule has 0 N–H and O–H groups in total. The highest BCUT2D eigenvalue weighted by Gasteiger charge is 2.47. The van der Waals surface area contributed by atoms with E-state index in [2.05, 4.69) is 0 Å². The molecule has 0 unspecified atom stereocenters. The van der Waals surface area contributed by atoms with Gasteiger partial charge >= 0.3 is 0 Å². The van der Waals surface area contributed by atoms with Crippen LogP contribution in [0.5, 0.6) is 0 Å². The molecule has 5 nitrogen and oxygen atoms in total. The van der Waals surface area contributed by atoms with E-state index >= 15 is 0 Å². The van der Waals surface area contributed by atoms with Crippen molar-refractivity contribution >= 4 is 10.0 Å². The van der Waals surface area contributed by atoms with Gasteiger partial charge in [-0.2, -0.15) is 0 Å². The monoisotopic (exact) mass is 275 g/mol. The molecule has 3 rings (SSSR count). The van der Waals surface area contributed by atoms with Gasteiger partial charge in [-0.3, -0.25) is 0 Å². The van der Waals surface area contributed by atoms with Gasteiger partial charge in [0, 0.05) is 26.6 Å². The topological polar surface area (TPSA) is 55.8 Å². The molecule has 0 amide bonds. The zero-order valence-corrected chi connectivity index (χ0v) is 11.6. The molecule has 1 saturated carbocycles. The molecule has 3 fully saturated rings. The van der Waals surface area contributed by atoms with E-state index in [0.29, 0.717) is 19.7 Å². The maximum Gasteiger partial charge on any atom is 0.216 e. The molecule has 0 radical (unpaired) electrons. The quantitative estimate of drug-likeness (QED) is 0.762. The van der Waals surface area contributed by atoms with Crippen LogP contribution in [0.15, 0.2) is 0 Å². The second kappa shape index (κ2) is 4.44. The maximum atomic E-state index is 12.1. The number of sulfonamides is 1. The molecule has 104 valence electrons. The second-order valence-corrected chi connectivity index (χ2v) is 7.91. The Morgan fingerprint density at radius 1 is 1.28 bits per heavy atom. The Bertz CT molecular complexity index is 410. The molecule has 2 saturated heterocycles. The number of hydrogen-bond donors (Lipinski definition) is 0. The summed E-state index contributed by atoms with van der Waals surface area (Å²) in [7, 11) is -1.30. The summed E-state index contributed by atoms with van der Waals surface area (Å²) in [5, 5.41) is -0.0947. The highest BCUT2D eigenvalue weighted by Crippen LogP contribution is 2.39. The normalized spacial score (nSPS) is 33.1. The molecule has 0 bridgehead atoms. The van der Waals surface area contributed by atoms with Crippen LogP contribution in [-0.4, -0.2) is 56.5 Å². The Kier molecular flexibility index (Phi) is 3.17. The second-order valence-electron chi connectivity index (χ2n) is 5.70. The van der Waals surface area contributed by atoms with Gasteiger partial charge in [0.1, 0.15) is 0 Å². The van der Waals surface area contributed by atoms with Crippen molar-refractivity contribution in [2.75, 3.05) is 26.8 Å². The lowest BCUT2D eigenvalue weighted by atomic mass is 9.89. The number of methoxy groups -OCH3 is 1. The molecule has 2 aliphatic heterocycles. The van der Waals surface area contributed by atoms with E-state index in [-0.39, 0.29) is 17.0 Å². The van der Waals surface area contributed by atoms with Crippen molar-refractivity contribution in [3.8, 4) is 0 Å². The molecule has 0 aromatic carbocycles. The molecule has 0 aromatic heterocycles. The average molecular weight is 275 g/mol. The molecule has 3 aliphatic rings. The Morgan fingerprint density at radius 3 is 2.44 bits per heavy atom. The Labute approximate surface area is 108 Å². The fraction of sp³-hybridized carbons (Fsp3) is 1.00. The summed E-state index contributed by atoms with van der Waals surface area (Å²) in [5.41, 5.74) is -0.129. The van der Waals surface area contributed by atoms with Gasteiger partial charge in [0.2, 0.25) is 10.0 Å². The maximum absolute atomic E-state index is 12.1. The number of nitrogens with zero attached hydrogens (tertiary/aromatic N) is 1. The van der Waals surface area contributed by atoms with Crippen LogP contribution in [0.4, 0.5) is 0 Å². The van der Waals surface area contributed by atoms with E-state index in [1.54, 1.807) is 11.4 Å². The predicted octanol–water partition coefficient (Wildman–Crippen LogP) is 0.749. The summed E-state index contributed by atoms with van der Waals surface area (Å²) in [6.07, 6.45) is 4.37. The first-order valence-electron chi connectivity index (χ1n) is 6.71. The molecule has 18 heavy (non-hydrogen) atoms. The molecule has 1 aliphatic carbocycles. The minimum atomic E-state index is -3.01. The third kappa shape index (κ3) is 2.19. The average Bonchev–Trinajstić information content (AvgIpc) is 3.15. The van der Waals surface area contributed by atoms with Gasteiger partial charge in [0.25, 0.3) is 0 Å². The van der Waals surface area contributed by atoms with E-state index in [9.17, 15) is 8.42 Å². The van der Waals surface area contributed by atoms with Gasteiger partial charge in [-0.1, -0.05) is 0 Å². The van der Waals surface area contributed by atoms with Crippen LogP contribution in [0.3, 0.4) is 0 Å². The summed E-state index contributed by atoms with van der Waals surface area (Å²) in [6.45, 7) is 1.86. The van der Waals surface area contributed by atoms with Crippen molar-refractivity contribution in [1.82, 2.24) is 4.31 Å². The van der Waals surface area contributed by atoms with Crippen LogP contribution in [0.2, 0.25) is 0 Å². The minimum absolute atomic E-state index is 0.0947. The standard InChI is InChI=1S/C12H21NO4S/c1-16-10-8-12(17-9-10)4-6-13(7-5-12)18(14,15)11-2-3-11/h10-11H,2-9H2,1H3/t10-/m1/s1. The zero-order valence-electron chi connectivity index (χ0n) is 10.8. The first-order chi connectivity index (χ1) is 8.56. The number of piperidine rings is 1. The largest absolute Gasteiger partial charge is 0.379 e. The van der Waals surface area contributed by atoms with E-state index in [0.717, 1.165) is 32.1 Å². The Balaban J connectivity index is 1.61. The lowest BCUT2D eigenvalue weighted by molar-refractivity contribution is -0.0328. The van der Waals surface area contributed by atoms with Crippen LogP contribution < -0.4 is 0 Å². The summed E-state index contributed by atoms with van der Waals surface area (Å²) >= 11 is 0. The van der Waals surface area contributed by atoms with E-state index in [1.807, 2.05) is 0 Å². The molecule has 0 aromatic rings. The summed E-state index contributed by atoms with van der Waals surface area (Å²) in [5.74, 6) is 0. The lowest BCUT2D eigenvalue weighted by Crippen LogP contribution is -2.47. The molecule has 1 spiro atoms. The van der Waals surface area contributed by atoms with Crippen molar-refractivity contribution in [2.45, 2.75) is 49.1 Å². The van der Waals surface area contributed by atoms with E-state index < -0.39 is 10.0 Å². The third-order valence-electron chi connectivity index (χ3n) is 4.45. The summed E-state index contributed by atoms with van der Waals surface area (Å²) < 4.78 is 37.1. The first-order valence-corrected chi connectivity index (χ1v) is 8.22. The van der Waals surface area contributed by atoms with Crippen molar-refractivity contribution in [3.05, 3.63) is 0 Å². The van der Waals surface area contributed by atoms with E-state index in [4.69, 9.17) is 9.47 Å². The molecular formula is C12H21NO4S.